The zero-order valence-corrected chi connectivity index (χ0v) is 10.2. The first-order chi connectivity index (χ1) is 6.86. The van der Waals surface area contributed by atoms with E-state index in [0.717, 1.165) is 17.0 Å². The second kappa shape index (κ2) is 4.62. The highest BCUT2D eigenvalue weighted by molar-refractivity contribution is 7.60. The minimum Gasteiger partial charge on any atom is -0.0893 e. The predicted molar refractivity (Wildman–Crippen MR) is 66.4 cm³/mol. The van der Waals surface area contributed by atoms with Gasteiger partial charge in [0.05, 0.1) is 0 Å². The Morgan fingerprint density at radius 2 is 1.50 bits per heavy atom. The second-order valence-corrected chi connectivity index (χ2v) is 7.36. The maximum absolute atomic E-state index is 2.43. The maximum Gasteiger partial charge on any atom is 0.0161 e. The SMILES string of the molecule is CC[C@@H]1CC[C@@H](CC)P1C1C=CC=C1. The minimum atomic E-state index is 0.253. The molecule has 1 aliphatic heterocycles. The second-order valence-electron chi connectivity index (χ2n) is 4.41. The van der Waals surface area contributed by atoms with Gasteiger partial charge in [-0.3, -0.25) is 0 Å². The molecule has 0 radical (unpaired) electrons. The lowest BCUT2D eigenvalue weighted by Crippen LogP contribution is -2.11. The molecule has 0 amide bonds. The third-order valence-corrected chi connectivity index (χ3v) is 7.66. The van der Waals surface area contributed by atoms with Crippen LogP contribution in [0.2, 0.25) is 0 Å². The standard InChI is InChI=1S/C13H21P/c1-3-11-9-10-12(4-2)14(11)13-7-5-6-8-13/h5-8,11-13H,3-4,9-10H2,1-2H3/t11-,12-/m1/s1. The van der Waals surface area contributed by atoms with Crippen molar-refractivity contribution in [2.24, 2.45) is 0 Å². The molecule has 1 heteroatoms. The Hall–Kier alpha value is -0.0900. The fraction of sp³-hybridized carbons (Fsp3) is 0.692. The molecule has 2 rings (SSSR count). The molecule has 0 N–H and O–H groups in total. The lowest BCUT2D eigenvalue weighted by molar-refractivity contribution is 0.696. The van der Waals surface area contributed by atoms with Gasteiger partial charge in [-0.25, -0.2) is 0 Å². The monoisotopic (exact) mass is 208 g/mol. The van der Waals surface area contributed by atoms with E-state index in [2.05, 4.69) is 38.2 Å². The molecule has 1 heterocycles. The van der Waals surface area contributed by atoms with Crippen molar-refractivity contribution in [1.29, 1.82) is 0 Å². The molecule has 1 aliphatic carbocycles. The summed E-state index contributed by atoms with van der Waals surface area (Å²) in [5.74, 6) is 0. The molecule has 0 nitrogen and oxygen atoms in total. The van der Waals surface area contributed by atoms with Gasteiger partial charge < -0.3 is 0 Å². The lowest BCUT2D eigenvalue weighted by atomic mass is 10.1. The Bertz CT molecular complexity index is 218. The largest absolute Gasteiger partial charge is 0.0893 e. The highest BCUT2D eigenvalue weighted by Crippen LogP contribution is 2.62. The molecule has 14 heavy (non-hydrogen) atoms. The quantitative estimate of drug-likeness (QED) is 0.606. The fourth-order valence-corrected chi connectivity index (χ4v) is 6.82. The summed E-state index contributed by atoms with van der Waals surface area (Å²) in [6, 6.07) is 0. The number of hydrogen-bond acceptors (Lipinski definition) is 0. The zero-order valence-electron chi connectivity index (χ0n) is 9.32. The van der Waals surface area contributed by atoms with Crippen LogP contribution in [0.5, 0.6) is 0 Å². The topological polar surface area (TPSA) is 0 Å². The molecule has 0 saturated carbocycles. The Balaban J connectivity index is 2.10. The summed E-state index contributed by atoms with van der Waals surface area (Å²) in [5.41, 5.74) is 2.92. The van der Waals surface area contributed by atoms with Crippen LogP contribution in [-0.4, -0.2) is 17.0 Å². The van der Waals surface area contributed by atoms with Crippen LogP contribution in [0.1, 0.15) is 39.5 Å². The third-order valence-electron chi connectivity index (χ3n) is 3.69. The average Bonchev–Trinajstić information content (AvgIpc) is 2.85. The van der Waals surface area contributed by atoms with Crippen LogP contribution in [0.25, 0.3) is 0 Å². The molecule has 0 aromatic carbocycles. The normalized spacial score (nSPS) is 33.3. The van der Waals surface area contributed by atoms with Crippen molar-refractivity contribution in [3.63, 3.8) is 0 Å². The van der Waals surface area contributed by atoms with Gasteiger partial charge in [-0.2, -0.15) is 0 Å². The number of hydrogen-bond donors (Lipinski definition) is 0. The van der Waals surface area contributed by atoms with Crippen molar-refractivity contribution in [1.82, 2.24) is 0 Å². The van der Waals surface area contributed by atoms with Crippen LogP contribution in [0, 0.1) is 0 Å². The Morgan fingerprint density at radius 1 is 1.00 bits per heavy atom. The van der Waals surface area contributed by atoms with Crippen molar-refractivity contribution < 1.29 is 0 Å². The van der Waals surface area contributed by atoms with Gasteiger partial charge >= 0.3 is 0 Å². The van der Waals surface area contributed by atoms with Gasteiger partial charge in [0.2, 0.25) is 0 Å². The molecule has 2 atom stereocenters. The van der Waals surface area contributed by atoms with E-state index in [1.807, 2.05) is 0 Å². The molecular formula is C13H21P. The Labute approximate surface area is 89.2 Å². The van der Waals surface area contributed by atoms with Crippen LogP contribution in [0.3, 0.4) is 0 Å². The molecule has 0 aromatic rings. The molecular weight excluding hydrogens is 187 g/mol. The van der Waals surface area contributed by atoms with E-state index in [1.54, 1.807) is 0 Å². The van der Waals surface area contributed by atoms with E-state index in [-0.39, 0.29) is 7.92 Å². The van der Waals surface area contributed by atoms with Gasteiger partial charge in [-0.1, -0.05) is 46.1 Å². The fourth-order valence-electron chi connectivity index (χ4n) is 2.92. The van der Waals surface area contributed by atoms with Crippen LogP contribution < -0.4 is 0 Å². The summed E-state index contributed by atoms with van der Waals surface area (Å²) in [5, 5.41) is 0. The van der Waals surface area contributed by atoms with E-state index < -0.39 is 0 Å². The van der Waals surface area contributed by atoms with Crippen molar-refractivity contribution in [2.45, 2.75) is 56.5 Å². The lowest BCUT2D eigenvalue weighted by Gasteiger charge is -2.28. The van der Waals surface area contributed by atoms with Crippen LogP contribution in [0.4, 0.5) is 0 Å². The van der Waals surface area contributed by atoms with Crippen molar-refractivity contribution in [2.75, 3.05) is 0 Å². The predicted octanol–water partition coefficient (Wildman–Crippen LogP) is 4.31. The molecule has 0 aromatic heterocycles. The van der Waals surface area contributed by atoms with E-state index in [0.29, 0.717) is 0 Å². The van der Waals surface area contributed by atoms with Gasteiger partial charge in [0, 0.05) is 5.66 Å². The summed E-state index contributed by atoms with van der Waals surface area (Å²) in [7, 11) is 0.253. The van der Waals surface area contributed by atoms with Gasteiger partial charge in [0.15, 0.2) is 0 Å². The van der Waals surface area contributed by atoms with Gasteiger partial charge in [-0.05, 0) is 37.0 Å². The van der Waals surface area contributed by atoms with Gasteiger partial charge in [0.25, 0.3) is 0 Å². The summed E-state index contributed by atoms with van der Waals surface area (Å²) in [6.45, 7) is 4.75. The van der Waals surface area contributed by atoms with E-state index in [1.165, 1.54) is 25.7 Å². The molecule has 0 spiro atoms. The number of allylic oxidation sites excluding steroid dienone is 4. The first-order valence-electron chi connectivity index (χ1n) is 5.99. The Kier molecular flexibility index (Phi) is 3.44. The van der Waals surface area contributed by atoms with Crippen LogP contribution >= 0.6 is 7.92 Å². The summed E-state index contributed by atoms with van der Waals surface area (Å²) in [4.78, 5) is 0. The van der Waals surface area contributed by atoms with Crippen molar-refractivity contribution in [3.05, 3.63) is 24.3 Å². The van der Waals surface area contributed by atoms with E-state index >= 15 is 0 Å². The Morgan fingerprint density at radius 3 is 1.93 bits per heavy atom. The minimum absolute atomic E-state index is 0.253. The third kappa shape index (κ3) is 1.82. The van der Waals surface area contributed by atoms with Crippen LogP contribution in [-0.2, 0) is 0 Å². The van der Waals surface area contributed by atoms with Gasteiger partial charge in [-0.15, -0.1) is 0 Å². The zero-order chi connectivity index (χ0) is 9.97. The molecule has 2 aliphatic rings. The first kappa shape index (κ1) is 10.4. The smallest absolute Gasteiger partial charge is 0.0161 e. The average molecular weight is 208 g/mol. The van der Waals surface area contributed by atoms with Crippen molar-refractivity contribution >= 4 is 7.92 Å². The van der Waals surface area contributed by atoms with E-state index in [4.69, 9.17) is 0 Å². The highest BCUT2D eigenvalue weighted by atomic mass is 31.1. The van der Waals surface area contributed by atoms with Gasteiger partial charge in [0.1, 0.15) is 0 Å². The summed E-state index contributed by atoms with van der Waals surface area (Å²) in [6.07, 6.45) is 15.2. The molecule has 1 saturated heterocycles. The van der Waals surface area contributed by atoms with E-state index in [9.17, 15) is 0 Å². The van der Waals surface area contributed by atoms with Crippen LogP contribution in [0.15, 0.2) is 24.3 Å². The number of rotatable bonds is 3. The maximum atomic E-state index is 2.43. The summed E-state index contributed by atoms with van der Waals surface area (Å²) < 4.78 is 0. The van der Waals surface area contributed by atoms with Crippen molar-refractivity contribution in [3.8, 4) is 0 Å². The summed E-state index contributed by atoms with van der Waals surface area (Å²) >= 11 is 0. The molecule has 0 bridgehead atoms. The molecule has 1 fully saturated rings. The molecule has 78 valence electrons. The molecule has 0 unspecified atom stereocenters. The highest BCUT2D eigenvalue weighted by Gasteiger charge is 2.36. The first-order valence-corrected chi connectivity index (χ1v) is 7.54.